The maximum atomic E-state index is 11.1. The Morgan fingerprint density at radius 2 is 2.17 bits per heavy atom. The van der Waals surface area contributed by atoms with Crippen molar-refractivity contribution in [3.8, 4) is 0 Å². The third-order valence-corrected chi connectivity index (χ3v) is 4.16. The zero-order chi connectivity index (χ0) is 13.3. The maximum Gasteiger partial charge on any atom is 0.201 e. The Balaban J connectivity index is 2.25. The molecule has 0 aliphatic carbocycles. The standard InChI is InChI=1S/C11H14BrN3O2S/c1-18(16,17)6-2-5-15-10-4-3-8(12)7-9(10)14-11(15)13/h3-4,7H,2,5-6H2,1H3,(H2,13,14). The summed E-state index contributed by atoms with van der Waals surface area (Å²) < 4.78 is 25.0. The summed E-state index contributed by atoms with van der Waals surface area (Å²) >= 11 is 3.38. The minimum atomic E-state index is -2.93. The van der Waals surface area contributed by atoms with Gasteiger partial charge in [-0.05, 0) is 24.6 Å². The lowest BCUT2D eigenvalue weighted by Crippen LogP contribution is -2.09. The molecule has 0 spiro atoms. The molecule has 0 aliphatic heterocycles. The molecule has 1 aromatic heterocycles. The fourth-order valence-corrected chi connectivity index (χ4v) is 2.84. The number of sulfone groups is 1. The fourth-order valence-electron chi connectivity index (χ4n) is 1.84. The molecule has 0 aliphatic rings. The number of halogens is 1. The van der Waals surface area contributed by atoms with Crippen LogP contribution in [0.3, 0.4) is 0 Å². The van der Waals surface area contributed by atoms with Crippen molar-refractivity contribution >= 4 is 42.7 Å². The summed E-state index contributed by atoms with van der Waals surface area (Å²) in [5.74, 6) is 0.569. The van der Waals surface area contributed by atoms with Crippen molar-refractivity contribution in [2.45, 2.75) is 13.0 Å². The Bertz CT molecular complexity index is 679. The highest BCUT2D eigenvalue weighted by Crippen LogP contribution is 2.22. The smallest absolute Gasteiger partial charge is 0.201 e. The second-order valence-electron chi connectivity index (χ2n) is 4.24. The van der Waals surface area contributed by atoms with E-state index in [0.29, 0.717) is 18.9 Å². The van der Waals surface area contributed by atoms with E-state index in [0.717, 1.165) is 15.5 Å². The summed E-state index contributed by atoms with van der Waals surface area (Å²) in [6.45, 7) is 0.553. The number of nitrogens with two attached hydrogens (primary N) is 1. The molecule has 5 nitrogen and oxygen atoms in total. The number of nitrogens with zero attached hydrogens (tertiary/aromatic N) is 2. The summed E-state index contributed by atoms with van der Waals surface area (Å²) in [7, 11) is -2.93. The SMILES string of the molecule is CS(=O)(=O)CCCn1c(N)nc2cc(Br)ccc21. The van der Waals surface area contributed by atoms with E-state index < -0.39 is 9.84 Å². The van der Waals surface area contributed by atoms with Gasteiger partial charge in [0.05, 0.1) is 16.8 Å². The lowest BCUT2D eigenvalue weighted by Gasteiger charge is -2.05. The molecule has 1 heterocycles. The molecule has 0 atom stereocenters. The van der Waals surface area contributed by atoms with Crippen molar-refractivity contribution in [3.05, 3.63) is 22.7 Å². The van der Waals surface area contributed by atoms with Crippen LogP contribution in [0, 0.1) is 0 Å². The summed E-state index contributed by atoms with van der Waals surface area (Å²) in [6.07, 6.45) is 1.77. The van der Waals surface area contributed by atoms with Crippen LogP contribution in [-0.2, 0) is 16.4 Å². The van der Waals surface area contributed by atoms with Crippen LogP contribution >= 0.6 is 15.9 Å². The van der Waals surface area contributed by atoms with Crippen LogP contribution in [-0.4, -0.2) is 30.0 Å². The van der Waals surface area contributed by atoms with E-state index in [1.807, 2.05) is 22.8 Å². The second-order valence-corrected chi connectivity index (χ2v) is 7.41. The average Bonchev–Trinajstić information content (AvgIpc) is 2.52. The van der Waals surface area contributed by atoms with Crippen LogP contribution in [0.1, 0.15) is 6.42 Å². The normalized spacial score (nSPS) is 12.1. The third-order valence-electron chi connectivity index (χ3n) is 2.64. The Morgan fingerprint density at radius 3 is 2.83 bits per heavy atom. The molecule has 0 bridgehead atoms. The molecule has 0 amide bonds. The lowest BCUT2D eigenvalue weighted by atomic mass is 10.3. The van der Waals surface area contributed by atoms with Crippen molar-refractivity contribution in [3.63, 3.8) is 0 Å². The third kappa shape index (κ3) is 3.02. The molecule has 0 saturated heterocycles. The largest absolute Gasteiger partial charge is 0.369 e. The number of nitrogen functional groups attached to an aromatic ring is 1. The summed E-state index contributed by atoms with van der Waals surface area (Å²) in [4.78, 5) is 4.25. The zero-order valence-corrected chi connectivity index (χ0v) is 12.3. The van der Waals surface area contributed by atoms with Crippen LogP contribution in [0.5, 0.6) is 0 Å². The molecule has 2 aromatic rings. The lowest BCUT2D eigenvalue weighted by molar-refractivity contribution is 0.594. The fraction of sp³-hybridized carbons (Fsp3) is 0.364. The van der Waals surface area contributed by atoms with Gasteiger partial charge in [0.15, 0.2) is 0 Å². The van der Waals surface area contributed by atoms with Gasteiger partial charge in [0, 0.05) is 17.3 Å². The number of rotatable bonds is 4. The van der Waals surface area contributed by atoms with Crippen molar-refractivity contribution in [2.24, 2.45) is 0 Å². The van der Waals surface area contributed by atoms with Gasteiger partial charge in [-0.3, -0.25) is 0 Å². The first-order chi connectivity index (χ1) is 8.37. The van der Waals surface area contributed by atoms with Gasteiger partial charge in [0.1, 0.15) is 9.84 Å². The van der Waals surface area contributed by atoms with Crippen molar-refractivity contribution < 1.29 is 8.42 Å². The summed E-state index contributed by atoms with van der Waals surface area (Å²) in [5.41, 5.74) is 7.57. The van der Waals surface area contributed by atoms with E-state index in [-0.39, 0.29) is 5.75 Å². The van der Waals surface area contributed by atoms with E-state index in [9.17, 15) is 8.42 Å². The highest BCUT2D eigenvalue weighted by atomic mass is 79.9. The van der Waals surface area contributed by atoms with Crippen molar-refractivity contribution in [1.29, 1.82) is 0 Å². The predicted octanol–water partition coefficient (Wildman–Crippen LogP) is 1.82. The molecule has 2 N–H and O–H groups in total. The number of fused-ring (bicyclic) bond motifs is 1. The number of anilines is 1. The molecule has 0 radical (unpaired) electrons. The molecule has 1 aromatic carbocycles. The molecule has 0 saturated carbocycles. The van der Waals surface area contributed by atoms with Crippen LogP contribution in [0.4, 0.5) is 5.95 Å². The zero-order valence-electron chi connectivity index (χ0n) is 9.93. The first-order valence-electron chi connectivity index (χ1n) is 5.46. The number of imidazole rings is 1. The van der Waals surface area contributed by atoms with E-state index in [4.69, 9.17) is 5.73 Å². The number of aromatic nitrogens is 2. The molecule has 98 valence electrons. The Morgan fingerprint density at radius 1 is 1.44 bits per heavy atom. The number of hydrogen-bond acceptors (Lipinski definition) is 4. The van der Waals surface area contributed by atoms with Crippen LogP contribution < -0.4 is 5.73 Å². The van der Waals surface area contributed by atoms with Crippen molar-refractivity contribution in [1.82, 2.24) is 9.55 Å². The summed E-state index contributed by atoms with van der Waals surface area (Å²) in [5, 5.41) is 0. The second kappa shape index (κ2) is 4.89. The Kier molecular flexibility index (Phi) is 3.63. The predicted molar refractivity (Wildman–Crippen MR) is 76.2 cm³/mol. The summed E-state index contributed by atoms with van der Waals surface area (Å²) in [6, 6.07) is 5.72. The average molecular weight is 332 g/mol. The first kappa shape index (κ1) is 13.4. The maximum absolute atomic E-state index is 11.1. The van der Waals surface area contributed by atoms with Gasteiger partial charge in [-0.25, -0.2) is 13.4 Å². The highest BCUT2D eigenvalue weighted by molar-refractivity contribution is 9.10. The van der Waals surface area contributed by atoms with E-state index in [2.05, 4.69) is 20.9 Å². The monoisotopic (exact) mass is 331 g/mol. The number of hydrogen-bond donors (Lipinski definition) is 1. The molecule has 0 fully saturated rings. The minimum absolute atomic E-state index is 0.155. The topological polar surface area (TPSA) is 78.0 Å². The van der Waals surface area contributed by atoms with Gasteiger partial charge in [-0.15, -0.1) is 0 Å². The van der Waals surface area contributed by atoms with Gasteiger partial charge in [0.2, 0.25) is 5.95 Å². The molecule has 7 heteroatoms. The van der Waals surface area contributed by atoms with Crippen LogP contribution in [0.15, 0.2) is 22.7 Å². The van der Waals surface area contributed by atoms with Gasteiger partial charge >= 0.3 is 0 Å². The highest BCUT2D eigenvalue weighted by Gasteiger charge is 2.09. The van der Waals surface area contributed by atoms with Gasteiger partial charge < -0.3 is 10.3 Å². The van der Waals surface area contributed by atoms with Gasteiger partial charge in [0.25, 0.3) is 0 Å². The first-order valence-corrected chi connectivity index (χ1v) is 8.31. The quantitative estimate of drug-likeness (QED) is 0.926. The Hall–Kier alpha value is -1.08. The van der Waals surface area contributed by atoms with Crippen molar-refractivity contribution in [2.75, 3.05) is 17.7 Å². The minimum Gasteiger partial charge on any atom is -0.369 e. The number of benzene rings is 1. The Labute approximate surface area is 114 Å². The molecule has 2 rings (SSSR count). The molecular weight excluding hydrogens is 318 g/mol. The number of aryl methyl sites for hydroxylation is 1. The molecular formula is C11H14BrN3O2S. The van der Waals surface area contributed by atoms with Crippen LogP contribution in [0.2, 0.25) is 0 Å². The van der Waals surface area contributed by atoms with Gasteiger partial charge in [-0.2, -0.15) is 0 Å². The van der Waals surface area contributed by atoms with Crippen LogP contribution in [0.25, 0.3) is 11.0 Å². The molecule has 0 unspecified atom stereocenters. The van der Waals surface area contributed by atoms with Gasteiger partial charge in [-0.1, -0.05) is 15.9 Å². The van der Waals surface area contributed by atoms with E-state index in [1.165, 1.54) is 6.26 Å². The molecule has 18 heavy (non-hydrogen) atoms. The van der Waals surface area contributed by atoms with E-state index in [1.54, 1.807) is 0 Å². The van der Waals surface area contributed by atoms with E-state index >= 15 is 0 Å².